The highest BCUT2D eigenvalue weighted by Crippen LogP contribution is 2.37. The molecule has 3 aromatic carbocycles. The third kappa shape index (κ3) is 5.10. The van der Waals surface area contributed by atoms with Crippen LogP contribution in [-0.4, -0.2) is 31.8 Å². The molecule has 0 amide bonds. The van der Waals surface area contributed by atoms with Gasteiger partial charge in [0.25, 0.3) is 0 Å². The standard InChI is InChI=1S/C33H26F4N6O/c1-19-11-12-21(29(36)28(19)35)18-42(22-13-15-38-16-14-22)33-27(44-3)17-39-32(40-33)31-24-7-4-5-10-26(24)43(41-31)20(2)23-8-6-9-25(34)30(23)37/h4-17,20H,18H2,1-3H3. The maximum Gasteiger partial charge on any atom is 0.183 e. The summed E-state index contributed by atoms with van der Waals surface area (Å²) < 4.78 is 65.7. The van der Waals surface area contributed by atoms with Crippen LogP contribution in [0.15, 0.2) is 85.3 Å². The zero-order valence-electron chi connectivity index (χ0n) is 24.0. The molecule has 0 aliphatic carbocycles. The summed E-state index contributed by atoms with van der Waals surface area (Å²) >= 11 is 0. The van der Waals surface area contributed by atoms with Crippen molar-refractivity contribution in [3.8, 4) is 17.3 Å². The molecule has 0 aliphatic rings. The number of hydrogen-bond acceptors (Lipinski definition) is 6. The Labute approximate surface area is 250 Å². The summed E-state index contributed by atoms with van der Waals surface area (Å²) in [5, 5.41) is 5.45. The molecule has 11 heteroatoms. The SMILES string of the molecule is COc1cnc(-c2nn(C(C)c3cccc(F)c3F)c3ccccc23)nc1N(Cc1ccc(C)c(F)c1F)c1ccncc1. The van der Waals surface area contributed by atoms with Crippen LogP contribution >= 0.6 is 0 Å². The molecule has 222 valence electrons. The van der Waals surface area contributed by atoms with E-state index < -0.39 is 29.3 Å². The lowest BCUT2D eigenvalue weighted by atomic mass is 10.1. The Morgan fingerprint density at radius 2 is 1.66 bits per heavy atom. The van der Waals surface area contributed by atoms with Gasteiger partial charge in [0.2, 0.25) is 0 Å². The second kappa shape index (κ2) is 11.8. The lowest BCUT2D eigenvalue weighted by Gasteiger charge is -2.26. The van der Waals surface area contributed by atoms with Crippen molar-refractivity contribution in [1.82, 2.24) is 24.7 Å². The van der Waals surface area contributed by atoms with E-state index >= 15 is 4.39 Å². The van der Waals surface area contributed by atoms with Crippen molar-refractivity contribution in [2.45, 2.75) is 26.4 Å². The molecule has 7 nitrogen and oxygen atoms in total. The van der Waals surface area contributed by atoms with Crippen LogP contribution in [0.5, 0.6) is 5.75 Å². The van der Waals surface area contributed by atoms with Gasteiger partial charge < -0.3 is 9.64 Å². The smallest absolute Gasteiger partial charge is 0.183 e. The minimum Gasteiger partial charge on any atom is -0.491 e. The van der Waals surface area contributed by atoms with Crippen LogP contribution in [0.25, 0.3) is 22.4 Å². The van der Waals surface area contributed by atoms with E-state index in [0.29, 0.717) is 22.3 Å². The first-order valence-corrected chi connectivity index (χ1v) is 13.7. The Hall–Kier alpha value is -5.32. The van der Waals surface area contributed by atoms with Crippen LogP contribution < -0.4 is 9.64 Å². The summed E-state index contributed by atoms with van der Waals surface area (Å²) in [4.78, 5) is 15.1. The number of methoxy groups -OCH3 is 1. The molecule has 1 unspecified atom stereocenters. The molecule has 44 heavy (non-hydrogen) atoms. The fourth-order valence-electron chi connectivity index (χ4n) is 5.13. The molecule has 0 bridgehead atoms. The molecule has 0 aliphatic heterocycles. The Morgan fingerprint density at radius 1 is 0.886 bits per heavy atom. The average Bonchev–Trinajstić information content (AvgIpc) is 3.44. The highest BCUT2D eigenvalue weighted by molar-refractivity contribution is 5.92. The summed E-state index contributed by atoms with van der Waals surface area (Å²) in [7, 11) is 1.46. The van der Waals surface area contributed by atoms with Crippen LogP contribution in [0.1, 0.15) is 29.7 Å². The van der Waals surface area contributed by atoms with Crippen molar-refractivity contribution in [3.63, 3.8) is 0 Å². The first kappa shape index (κ1) is 28.8. The summed E-state index contributed by atoms with van der Waals surface area (Å²) in [6.45, 7) is 3.13. The third-order valence-corrected chi connectivity index (χ3v) is 7.49. The molecule has 0 radical (unpaired) electrons. The van der Waals surface area contributed by atoms with Gasteiger partial charge in [-0.05, 0) is 43.7 Å². The molecule has 3 heterocycles. The van der Waals surface area contributed by atoms with Gasteiger partial charge in [-0.3, -0.25) is 9.67 Å². The topological polar surface area (TPSA) is 69.0 Å². The van der Waals surface area contributed by atoms with Gasteiger partial charge in [-0.25, -0.2) is 27.5 Å². The summed E-state index contributed by atoms with van der Waals surface area (Å²) in [6, 6.07) is 17.1. The van der Waals surface area contributed by atoms with Gasteiger partial charge in [0.1, 0.15) is 5.69 Å². The highest BCUT2D eigenvalue weighted by Gasteiger charge is 2.25. The summed E-state index contributed by atoms with van der Waals surface area (Å²) in [5.74, 6) is -3.03. The fourth-order valence-corrected chi connectivity index (χ4v) is 5.13. The Kier molecular flexibility index (Phi) is 7.69. The second-order valence-electron chi connectivity index (χ2n) is 10.2. The third-order valence-electron chi connectivity index (χ3n) is 7.49. The van der Waals surface area contributed by atoms with Crippen LogP contribution in [0.3, 0.4) is 0 Å². The molecule has 0 spiro atoms. The van der Waals surface area contributed by atoms with Crippen molar-refractivity contribution in [2.24, 2.45) is 0 Å². The highest BCUT2D eigenvalue weighted by atomic mass is 19.2. The van der Waals surface area contributed by atoms with Gasteiger partial charge in [-0.2, -0.15) is 5.10 Å². The summed E-state index contributed by atoms with van der Waals surface area (Å²) in [6.07, 6.45) is 4.62. The number of benzene rings is 3. The first-order chi connectivity index (χ1) is 21.3. The predicted octanol–water partition coefficient (Wildman–Crippen LogP) is 7.71. The summed E-state index contributed by atoms with van der Waals surface area (Å²) in [5.41, 5.74) is 2.07. The van der Waals surface area contributed by atoms with E-state index in [2.05, 4.69) is 9.97 Å². The molecule has 0 saturated carbocycles. The molecule has 6 rings (SSSR count). The Morgan fingerprint density at radius 3 is 2.43 bits per heavy atom. The number of anilines is 2. The Bertz CT molecular complexity index is 1980. The monoisotopic (exact) mass is 598 g/mol. The number of ether oxygens (including phenoxy) is 1. The van der Waals surface area contributed by atoms with Gasteiger partial charge >= 0.3 is 0 Å². The zero-order valence-corrected chi connectivity index (χ0v) is 24.0. The van der Waals surface area contributed by atoms with E-state index in [9.17, 15) is 13.2 Å². The second-order valence-corrected chi connectivity index (χ2v) is 10.2. The van der Waals surface area contributed by atoms with Crippen molar-refractivity contribution in [2.75, 3.05) is 12.0 Å². The molecule has 0 saturated heterocycles. The number of nitrogens with zero attached hydrogens (tertiary/aromatic N) is 6. The van der Waals surface area contributed by atoms with E-state index in [4.69, 9.17) is 14.8 Å². The molecule has 0 fully saturated rings. The van der Waals surface area contributed by atoms with Crippen LogP contribution in [0, 0.1) is 30.2 Å². The number of hydrogen-bond donors (Lipinski definition) is 0. The van der Waals surface area contributed by atoms with Crippen LogP contribution in [0.4, 0.5) is 29.1 Å². The maximum atomic E-state index is 15.1. The van der Waals surface area contributed by atoms with Crippen molar-refractivity contribution < 1.29 is 22.3 Å². The van der Waals surface area contributed by atoms with E-state index in [1.807, 2.05) is 24.3 Å². The van der Waals surface area contributed by atoms with E-state index in [1.165, 1.54) is 44.5 Å². The first-order valence-electron chi connectivity index (χ1n) is 13.7. The van der Waals surface area contributed by atoms with Gasteiger partial charge in [-0.1, -0.05) is 42.5 Å². The number of aryl methyl sites for hydroxylation is 1. The van der Waals surface area contributed by atoms with E-state index in [1.54, 1.807) is 41.0 Å². The normalized spacial score (nSPS) is 12.0. The zero-order chi connectivity index (χ0) is 31.0. The van der Waals surface area contributed by atoms with E-state index in [-0.39, 0.29) is 40.6 Å². The number of aromatic nitrogens is 5. The quantitative estimate of drug-likeness (QED) is 0.167. The van der Waals surface area contributed by atoms with Crippen LogP contribution in [-0.2, 0) is 6.54 Å². The largest absolute Gasteiger partial charge is 0.491 e. The fraction of sp³-hybridized carbons (Fsp3) is 0.152. The molecular formula is C33H26F4N6O. The minimum absolute atomic E-state index is 0.0923. The van der Waals surface area contributed by atoms with Gasteiger partial charge in [0.05, 0.1) is 31.4 Å². The van der Waals surface area contributed by atoms with Gasteiger partial charge in [0, 0.05) is 34.6 Å². The number of para-hydroxylation sites is 1. The number of halogens is 4. The average molecular weight is 599 g/mol. The predicted molar refractivity (Wildman–Crippen MR) is 159 cm³/mol. The molecule has 1 atom stereocenters. The molecular weight excluding hydrogens is 572 g/mol. The van der Waals surface area contributed by atoms with E-state index in [0.717, 1.165) is 6.07 Å². The molecule has 6 aromatic rings. The van der Waals surface area contributed by atoms with Gasteiger partial charge in [-0.15, -0.1) is 0 Å². The number of rotatable bonds is 8. The van der Waals surface area contributed by atoms with Crippen molar-refractivity contribution in [3.05, 3.63) is 125 Å². The van der Waals surface area contributed by atoms with Crippen molar-refractivity contribution in [1.29, 1.82) is 0 Å². The lowest BCUT2D eigenvalue weighted by molar-refractivity contribution is 0.411. The minimum atomic E-state index is -0.958. The molecule has 0 N–H and O–H groups in total. The molecule has 3 aromatic heterocycles. The lowest BCUT2D eigenvalue weighted by Crippen LogP contribution is -2.20. The maximum absolute atomic E-state index is 15.1. The van der Waals surface area contributed by atoms with Gasteiger partial charge in [0.15, 0.2) is 40.7 Å². The Balaban J connectivity index is 1.51. The number of fused-ring (bicyclic) bond motifs is 1. The van der Waals surface area contributed by atoms with Crippen molar-refractivity contribution >= 4 is 22.4 Å². The van der Waals surface area contributed by atoms with Crippen LogP contribution in [0.2, 0.25) is 0 Å². The number of pyridine rings is 1.